The Kier molecular flexibility index (Phi) is 5.10. The molecule has 0 atom stereocenters. The molecule has 126 valence electrons. The molecule has 1 amide bonds. The zero-order valence-corrected chi connectivity index (χ0v) is 14.2. The Labute approximate surface area is 138 Å². The summed E-state index contributed by atoms with van der Waals surface area (Å²) in [6.07, 6.45) is 5.56. The van der Waals surface area contributed by atoms with Gasteiger partial charge in [0.15, 0.2) is 0 Å². The Morgan fingerprint density at radius 2 is 1.78 bits per heavy atom. The van der Waals surface area contributed by atoms with Crippen molar-refractivity contribution in [1.82, 2.24) is 19.8 Å². The highest BCUT2D eigenvalue weighted by Gasteiger charge is 2.23. The van der Waals surface area contributed by atoms with E-state index in [4.69, 9.17) is 0 Å². The fourth-order valence-corrected chi connectivity index (χ4v) is 3.26. The van der Waals surface area contributed by atoms with Gasteiger partial charge in [0.05, 0.1) is 12.4 Å². The van der Waals surface area contributed by atoms with Crippen molar-refractivity contribution in [2.45, 2.75) is 26.7 Å². The standard InChI is InChI=1S/C17H27N5O/c1-3-20-8-10-21(11-9-20)16-13-18-15(12-19-16)17(23)22-6-4-14(2)5-7-22/h12-14H,3-11H2,1-2H3. The number of amides is 1. The molecule has 0 saturated carbocycles. The van der Waals surface area contributed by atoms with Gasteiger partial charge in [0.25, 0.3) is 5.91 Å². The third-order valence-electron chi connectivity index (χ3n) is 5.07. The van der Waals surface area contributed by atoms with Crippen LogP contribution in [0.25, 0.3) is 0 Å². The monoisotopic (exact) mass is 317 g/mol. The molecule has 0 N–H and O–H groups in total. The second-order valence-corrected chi connectivity index (χ2v) is 6.66. The third kappa shape index (κ3) is 3.80. The molecular formula is C17H27N5O. The molecule has 6 nitrogen and oxygen atoms in total. The van der Waals surface area contributed by atoms with Crippen LogP contribution in [0.2, 0.25) is 0 Å². The molecule has 2 aliphatic heterocycles. The number of likely N-dealkylation sites (tertiary alicyclic amines) is 1. The van der Waals surface area contributed by atoms with Crippen molar-refractivity contribution in [2.24, 2.45) is 5.92 Å². The molecule has 6 heteroatoms. The molecule has 0 unspecified atom stereocenters. The number of hydrogen-bond acceptors (Lipinski definition) is 5. The molecule has 2 fully saturated rings. The van der Waals surface area contributed by atoms with Crippen LogP contribution in [0.15, 0.2) is 12.4 Å². The third-order valence-corrected chi connectivity index (χ3v) is 5.07. The smallest absolute Gasteiger partial charge is 0.274 e. The maximum Gasteiger partial charge on any atom is 0.274 e. The molecule has 0 radical (unpaired) electrons. The Hall–Kier alpha value is -1.69. The summed E-state index contributed by atoms with van der Waals surface area (Å²) in [7, 11) is 0. The minimum absolute atomic E-state index is 0.0201. The lowest BCUT2D eigenvalue weighted by Crippen LogP contribution is -2.46. The van der Waals surface area contributed by atoms with Gasteiger partial charge >= 0.3 is 0 Å². The van der Waals surface area contributed by atoms with Gasteiger partial charge in [0.1, 0.15) is 11.5 Å². The molecular weight excluding hydrogens is 290 g/mol. The number of rotatable bonds is 3. The molecule has 23 heavy (non-hydrogen) atoms. The van der Waals surface area contributed by atoms with Gasteiger partial charge in [-0.3, -0.25) is 4.79 Å². The predicted molar refractivity (Wildman–Crippen MR) is 90.7 cm³/mol. The Balaban J connectivity index is 1.60. The van der Waals surface area contributed by atoms with Crippen molar-refractivity contribution >= 4 is 11.7 Å². The highest BCUT2D eigenvalue weighted by molar-refractivity contribution is 5.92. The van der Waals surface area contributed by atoms with Crippen LogP contribution >= 0.6 is 0 Å². The maximum atomic E-state index is 12.5. The summed E-state index contributed by atoms with van der Waals surface area (Å²) in [6.45, 7) is 11.3. The first kappa shape index (κ1) is 16.2. The van der Waals surface area contributed by atoms with Gasteiger partial charge in [0.2, 0.25) is 0 Å². The summed E-state index contributed by atoms with van der Waals surface area (Å²) >= 11 is 0. The molecule has 2 aliphatic rings. The summed E-state index contributed by atoms with van der Waals surface area (Å²) in [5.74, 6) is 1.62. The summed E-state index contributed by atoms with van der Waals surface area (Å²) in [4.78, 5) is 27.9. The number of aromatic nitrogens is 2. The number of carbonyl (C=O) groups is 1. The topological polar surface area (TPSA) is 52.6 Å². The van der Waals surface area contributed by atoms with Crippen LogP contribution in [0.3, 0.4) is 0 Å². The van der Waals surface area contributed by atoms with E-state index in [0.717, 1.165) is 64.5 Å². The van der Waals surface area contributed by atoms with Crippen LogP contribution in [-0.2, 0) is 0 Å². The van der Waals surface area contributed by atoms with Crippen molar-refractivity contribution in [3.8, 4) is 0 Å². The lowest BCUT2D eigenvalue weighted by atomic mass is 9.99. The Morgan fingerprint density at radius 3 is 2.35 bits per heavy atom. The van der Waals surface area contributed by atoms with E-state index in [1.807, 2.05) is 4.90 Å². The van der Waals surface area contributed by atoms with E-state index in [-0.39, 0.29) is 5.91 Å². The number of anilines is 1. The van der Waals surface area contributed by atoms with Crippen molar-refractivity contribution in [2.75, 3.05) is 50.7 Å². The second kappa shape index (κ2) is 7.25. The van der Waals surface area contributed by atoms with Crippen molar-refractivity contribution in [3.05, 3.63) is 18.1 Å². The first-order chi connectivity index (χ1) is 11.2. The van der Waals surface area contributed by atoms with Crippen LogP contribution < -0.4 is 4.90 Å². The van der Waals surface area contributed by atoms with Gasteiger partial charge in [-0.1, -0.05) is 13.8 Å². The van der Waals surface area contributed by atoms with Crippen LogP contribution in [0, 0.1) is 5.92 Å². The zero-order chi connectivity index (χ0) is 16.2. The van der Waals surface area contributed by atoms with E-state index in [0.29, 0.717) is 11.6 Å². The molecule has 3 rings (SSSR count). The number of likely N-dealkylation sites (N-methyl/N-ethyl adjacent to an activating group) is 1. The van der Waals surface area contributed by atoms with Gasteiger partial charge in [0, 0.05) is 39.3 Å². The van der Waals surface area contributed by atoms with E-state index in [1.165, 1.54) is 0 Å². The first-order valence-corrected chi connectivity index (χ1v) is 8.76. The van der Waals surface area contributed by atoms with E-state index in [9.17, 15) is 4.79 Å². The Bertz CT molecular complexity index is 516. The fraction of sp³-hybridized carbons (Fsp3) is 0.706. The number of nitrogens with zero attached hydrogens (tertiary/aromatic N) is 5. The quantitative estimate of drug-likeness (QED) is 0.845. The molecule has 3 heterocycles. The van der Waals surface area contributed by atoms with E-state index in [1.54, 1.807) is 12.4 Å². The molecule has 0 aliphatic carbocycles. The average molecular weight is 317 g/mol. The van der Waals surface area contributed by atoms with Gasteiger partial charge in [-0.05, 0) is 25.3 Å². The molecule has 0 bridgehead atoms. The minimum atomic E-state index is 0.0201. The predicted octanol–water partition coefficient (Wildman–Crippen LogP) is 1.49. The van der Waals surface area contributed by atoms with Crippen LogP contribution in [0.5, 0.6) is 0 Å². The summed E-state index contributed by atoms with van der Waals surface area (Å²) in [6, 6.07) is 0. The van der Waals surface area contributed by atoms with Crippen LogP contribution in [0.1, 0.15) is 37.2 Å². The Morgan fingerprint density at radius 1 is 1.09 bits per heavy atom. The van der Waals surface area contributed by atoms with Crippen molar-refractivity contribution < 1.29 is 4.79 Å². The largest absolute Gasteiger partial charge is 0.353 e. The highest BCUT2D eigenvalue weighted by Crippen LogP contribution is 2.18. The normalized spacial score (nSPS) is 20.8. The molecule has 1 aromatic rings. The minimum Gasteiger partial charge on any atom is -0.353 e. The van der Waals surface area contributed by atoms with Crippen LogP contribution in [-0.4, -0.2) is 71.5 Å². The number of hydrogen-bond donors (Lipinski definition) is 0. The van der Waals surface area contributed by atoms with E-state index < -0.39 is 0 Å². The SMILES string of the molecule is CCN1CCN(c2cnc(C(=O)N3CCC(C)CC3)cn2)CC1. The average Bonchev–Trinajstić information content (AvgIpc) is 2.62. The number of carbonyl (C=O) groups excluding carboxylic acids is 1. The molecule has 2 saturated heterocycles. The van der Waals surface area contributed by atoms with Crippen LogP contribution in [0.4, 0.5) is 5.82 Å². The first-order valence-electron chi connectivity index (χ1n) is 8.76. The fourth-order valence-electron chi connectivity index (χ4n) is 3.26. The van der Waals surface area contributed by atoms with E-state index >= 15 is 0 Å². The molecule has 1 aromatic heterocycles. The van der Waals surface area contributed by atoms with Gasteiger partial charge in [-0.25, -0.2) is 9.97 Å². The molecule has 0 spiro atoms. The number of piperazine rings is 1. The maximum absolute atomic E-state index is 12.5. The van der Waals surface area contributed by atoms with Crippen molar-refractivity contribution in [3.63, 3.8) is 0 Å². The van der Waals surface area contributed by atoms with Gasteiger partial charge < -0.3 is 14.7 Å². The summed E-state index contributed by atoms with van der Waals surface area (Å²) in [5.41, 5.74) is 0.468. The zero-order valence-electron chi connectivity index (χ0n) is 14.2. The van der Waals surface area contributed by atoms with E-state index in [2.05, 4.69) is 33.6 Å². The summed E-state index contributed by atoms with van der Waals surface area (Å²) < 4.78 is 0. The van der Waals surface area contributed by atoms with Crippen molar-refractivity contribution in [1.29, 1.82) is 0 Å². The lowest BCUT2D eigenvalue weighted by molar-refractivity contribution is 0.0691. The van der Waals surface area contributed by atoms with Gasteiger partial charge in [-0.15, -0.1) is 0 Å². The van der Waals surface area contributed by atoms with Gasteiger partial charge in [-0.2, -0.15) is 0 Å². The summed E-state index contributed by atoms with van der Waals surface area (Å²) in [5, 5.41) is 0. The second-order valence-electron chi connectivity index (χ2n) is 6.66. The highest BCUT2D eigenvalue weighted by atomic mass is 16.2. The number of piperidine rings is 1. The lowest BCUT2D eigenvalue weighted by Gasteiger charge is -2.34. The molecule has 0 aromatic carbocycles.